The molecule has 0 spiro atoms. The summed E-state index contributed by atoms with van der Waals surface area (Å²) >= 11 is 6.19. The van der Waals surface area contributed by atoms with Crippen molar-refractivity contribution in [1.82, 2.24) is 0 Å². The lowest BCUT2D eigenvalue weighted by Crippen LogP contribution is -2.15. The van der Waals surface area contributed by atoms with Crippen LogP contribution in [-0.4, -0.2) is 11.8 Å². The van der Waals surface area contributed by atoms with Gasteiger partial charge in [0.05, 0.1) is 17.2 Å². The topological polar surface area (TPSA) is 56.5 Å². The van der Waals surface area contributed by atoms with E-state index in [1.165, 1.54) is 11.8 Å². The van der Waals surface area contributed by atoms with Crippen molar-refractivity contribution in [2.75, 3.05) is 0 Å². The molecule has 2 atom stereocenters. The maximum Gasteiger partial charge on any atom is 0.315 e. The number of hydrogen-bond acceptors (Lipinski definition) is 4. The van der Waals surface area contributed by atoms with Gasteiger partial charge in [0.2, 0.25) is 0 Å². The molecule has 0 amide bonds. The Morgan fingerprint density at radius 3 is 2.46 bits per heavy atom. The van der Waals surface area contributed by atoms with E-state index in [0.717, 1.165) is 5.39 Å². The van der Waals surface area contributed by atoms with Gasteiger partial charge < -0.3 is 9.15 Å². The summed E-state index contributed by atoms with van der Waals surface area (Å²) in [5, 5.41) is 1.17. The molecule has 3 aromatic rings. The molecule has 0 saturated heterocycles. The first kappa shape index (κ1) is 18.8. The molecule has 1 aromatic heterocycles. The van der Waals surface area contributed by atoms with Gasteiger partial charge in [0, 0.05) is 16.9 Å². The maximum atomic E-state index is 12.8. The second kappa shape index (κ2) is 6.78. The molecule has 1 unspecified atom stereocenters. The number of Topliss-reactive ketones (excluding diaryl/α,β-unsaturated/α-hetero) is 1. The Morgan fingerprint density at radius 1 is 1.07 bits per heavy atom. The number of furan rings is 1. The lowest BCUT2D eigenvalue weighted by Gasteiger charge is -2.19. The molecule has 0 radical (unpaired) electrons. The number of ether oxygens (including phenoxy) is 1. The summed E-state index contributed by atoms with van der Waals surface area (Å²) in [6.45, 7) is 6.38. The zero-order valence-electron chi connectivity index (χ0n) is 16.0. The third-order valence-electron chi connectivity index (χ3n) is 5.16. The number of hydrogen-bond donors (Lipinski definition) is 0. The van der Waals surface area contributed by atoms with Crippen LogP contribution in [0.3, 0.4) is 0 Å². The van der Waals surface area contributed by atoms with Gasteiger partial charge >= 0.3 is 5.97 Å². The van der Waals surface area contributed by atoms with Crippen molar-refractivity contribution in [3.63, 3.8) is 0 Å². The summed E-state index contributed by atoms with van der Waals surface area (Å²) < 4.78 is 10.8. The Balaban J connectivity index is 1.43. The zero-order chi connectivity index (χ0) is 20.1. The molecule has 1 saturated carbocycles. The van der Waals surface area contributed by atoms with Crippen molar-refractivity contribution in [2.45, 2.75) is 32.6 Å². The fourth-order valence-electron chi connectivity index (χ4n) is 3.35. The minimum Gasteiger partial charge on any atom is -0.463 e. The highest BCUT2D eigenvalue weighted by atomic mass is 35.5. The van der Waals surface area contributed by atoms with Crippen LogP contribution in [0.4, 0.5) is 0 Å². The summed E-state index contributed by atoms with van der Waals surface area (Å²) in [4.78, 5) is 25.2. The van der Waals surface area contributed by atoms with E-state index in [1.54, 1.807) is 30.3 Å². The first-order valence-corrected chi connectivity index (χ1v) is 9.65. The fourth-order valence-corrected chi connectivity index (χ4v) is 3.63. The Kier molecular flexibility index (Phi) is 4.54. The summed E-state index contributed by atoms with van der Waals surface area (Å²) in [5.41, 5.74) is 2.25. The van der Waals surface area contributed by atoms with Gasteiger partial charge in [-0.1, -0.05) is 44.5 Å². The minimum atomic E-state index is -0.409. The third kappa shape index (κ3) is 3.57. The first-order chi connectivity index (χ1) is 13.2. The van der Waals surface area contributed by atoms with Crippen LogP contribution in [0.15, 0.2) is 53.1 Å². The van der Waals surface area contributed by atoms with Crippen molar-refractivity contribution in [3.8, 4) is 5.75 Å². The van der Waals surface area contributed by atoms with Crippen LogP contribution in [-0.2, 0) is 10.2 Å². The average Bonchev–Trinajstić information content (AvgIpc) is 3.30. The number of halogens is 1. The summed E-state index contributed by atoms with van der Waals surface area (Å²) in [6.07, 6.45) is 2.03. The van der Waals surface area contributed by atoms with E-state index >= 15 is 0 Å². The Labute approximate surface area is 168 Å². The third-order valence-corrected chi connectivity index (χ3v) is 5.44. The molecule has 1 fully saturated rings. The first-order valence-electron chi connectivity index (χ1n) is 9.27. The molecule has 1 aliphatic rings. The van der Waals surface area contributed by atoms with Gasteiger partial charge in [0.15, 0.2) is 11.4 Å². The van der Waals surface area contributed by atoms with Gasteiger partial charge in [-0.2, -0.15) is 0 Å². The second-order valence-corrected chi connectivity index (χ2v) is 8.71. The highest BCUT2D eigenvalue weighted by Gasteiger charge is 2.49. The molecule has 4 rings (SSSR count). The number of carbonyl (C=O) groups excluding carboxylic acids is 2. The number of fused-ring (bicyclic) bond motifs is 1. The van der Waals surface area contributed by atoms with E-state index in [1.807, 2.05) is 12.1 Å². The number of esters is 1. The molecule has 0 bridgehead atoms. The molecule has 1 aliphatic carbocycles. The van der Waals surface area contributed by atoms with Gasteiger partial charge in [0.1, 0.15) is 5.75 Å². The number of ketones is 1. The number of carbonyl (C=O) groups is 2. The van der Waals surface area contributed by atoms with E-state index in [4.69, 9.17) is 20.8 Å². The quantitative estimate of drug-likeness (QED) is 0.317. The smallest absolute Gasteiger partial charge is 0.315 e. The Bertz CT molecular complexity index is 1060. The summed E-state index contributed by atoms with van der Waals surface area (Å²) in [6, 6.07) is 12.6. The minimum absolute atomic E-state index is 0.0356. The van der Waals surface area contributed by atoms with Gasteiger partial charge in [-0.05, 0) is 47.7 Å². The van der Waals surface area contributed by atoms with E-state index < -0.39 is 5.92 Å². The van der Waals surface area contributed by atoms with Crippen LogP contribution in [0.1, 0.15) is 43.1 Å². The average molecular weight is 397 g/mol. The highest BCUT2D eigenvalue weighted by Crippen LogP contribution is 2.43. The molecular weight excluding hydrogens is 376 g/mol. The standard InChI is InChI=1S/C23H21ClO4/c1-23(2,3)15-4-6-16(7-5-15)28-22(26)18-12-17(18)20(25)14-10-13-8-9-27-21(13)19(24)11-14/h4-11,17-18H,12H2,1-3H3/t17-,18?/m0/s1. The molecule has 5 heteroatoms. The number of rotatable bonds is 4. The van der Waals surface area contributed by atoms with Crippen LogP contribution in [0.25, 0.3) is 11.0 Å². The summed E-state index contributed by atoms with van der Waals surface area (Å²) in [7, 11) is 0. The second-order valence-electron chi connectivity index (χ2n) is 8.31. The lowest BCUT2D eigenvalue weighted by molar-refractivity contribution is -0.136. The molecule has 2 aromatic carbocycles. The molecule has 28 heavy (non-hydrogen) atoms. The normalized spacial score (nSPS) is 18.9. The van der Waals surface area contributed by atoms with Crippen molar-refractivity contribution in [3.05, 3.63) is 64.9 Å². The Morgan fingerprint density at radius 2 is 1.79 bits per heavy atom. The number of benzene rings is 2. The molecule has 0 aliphatic heterocycles. The predicted molar refractivity (Wildman–Crippen MR) is 108 cm³/mol. The zero-order valence-corrected chi connectivity index (χ0v) is 16.7. The van der Waals surface area contributed by atoms with Crippen LogP contribution < -0.4 is 4.74 Å². The van der Waals surface area contributed by atoms with Gasteiger partial charge in [0.25, 0.3) is 0 Å². The van der Waals surface area contributed by atoms with E-state index in [2.05, 4.69) is 20.8 Å². The molecule has 4 nitrogen and oxygen atoms in total. The fraction of sp³-hybridized carbons (Fsp3) is 0.304. The van der Waals surface area contributed by atoms with Gasteiger partial charge in [-0.25, -0.2) is 0 Å². The van der Waals surface area contributed by atoms with Crippen LogP contribution in [0, 0.1) is 11.8 Å². The van der Waals surface area contributed by atoms with E-state index in [9.17, 15) is 9.59 Å². The summed E-state index contributed by atoms with van der Waals surface area (Å²) in [5.74, 6) is -0.721. The lowest BCUT2D eigenvalue weighted by atomic mass is 9.87. The molecule has 0 N–H and O–H groups in total. The highest BCUT2D eigenvalue weighted by molar-refractivity contribution is 6.35. The Hall–Kier alpha value is -2.59. The van der Waals surface area contributed by atoms with Crippen molar-refractivity contribution in [2.24, 2.45) is 11.8 Å². The molecular formula is C23H21ClO4. The maximum absolute atomic E-state index is 12.8. The predicted octanol–water partition coefficient (Wildman–Crippen LogP) is 5.81. The monoisotopic (exact) mass is 396 g/mol. The van der Waals surface area contributed by atoms with E-state index in [0.29, 0.717) is 28.3 Å². The van der Waals surface area contributed by atoms with Crippen molar-refractivity contribution < 1.29 is 18.7 Å². The van der Waals surface area contributed by atoms with Gasteiger partial charge in [-0.15, -0.1) is 0 Å². The van der Waals surface area contributed by atoms with Crippen LogP contribution in [0.2, 0.25) is 5.02 Å². The SMILES string of the molecule is CC(C)(C)c1ccc(OC(=O)C2C[C@@H]2C(=O)c2cc(Cl)c3occc3c2)cc1. The molecule has 1 heterocycles. The van der Waals surface area contributed by atoms with E-state index in [-0.39, 0.29) is 23.1 Å². The van der Waals surface area contributed by atoms with Crippen LogP contribution >= 0.6 is 11.6 Å². The van der Waals surface area contributed by atoms with Gasteiger partial charge in [-0.3, -0.25) is 9.59 Å². The molecule has 144 valence electrons. The van der Waals surface area contributed by atoms with Crippen LogP contribution in [0.5, 0.6) is 5.75 Å². The van der Waals surface area contributed by atoms with Crippen molar-refractivity contribution in [1.29, 1.82) is 0 Å². The van der Waals surface area contributed by atoms with Crippen molar-refractivity contribution >= 4 is 34.3 Å². The largest absolute Gasteiger partial charge is 0.463 e.